The summed E-state index contributed by atoms with van der Waals surface area (Å²) in [6.07, 6.45) is 1.18. The molecule has 0 aromatic rings. The molecule has 0 aliphatic carbocycles. The van der Waals surface area contributed by atoms with Gasteiger partial charge in [-0.2, -0.15) is 9.78 Å². The van der Waals surface area contributed by atoms with Gasteiger partial charge < -0.3 is 4.74 Å². The topological polar surface area (TPSA) is 66.5 Å². The van der Waals surface area contributed by atoms with Gasteiger partial charge in [-0.15, -0.1) is 0 Å². The van der Waals surface area contributed by atoms with Gasteiger partial charge in [0.05, 0.1) is 11.2 Å². The summed E-state index contributed by atoms with van der Waals surface area (Å²) < 4.78 is 5.83. The van der Waals surface area contributed by atoms with E-state index in [1.54, 1.807) is 6.92 Å². The molecular weight excluding hydrogens is 374 g/mol. The lowest BCUT2D eigenvalue weighted by atomic mass is 9.79. The van der Waals surface area contributed by atoms with Crippen molar-refractivity contribution in [3.8, 4) is 0 Å². The van der Waals surface area contributed by atoms with Gasteiger partial charge in [0, 0.05) is 23.9 Å². The first kappa shape index (κ1) is 26.3. The highest BCUT2D eigenvalue weighted by Gasteiger charge is 2.45. The summed E-state index contributed by atoms with van der Waals surface area (Å²) in [5.74, 6) is -1.85. The third-order valence-electron chi connectivity index (χ3n) is 4.97. The van der Waals surface area contributed by atoms with E-state index in [1.165, 1.54) is 0 Å². The highest BCUT2D eigenvalue weighted by molar-refractivity contribution is 5.70. The molecule has 1 heterocycles. The molecule has 1 aliphatic rings. The number of likely N-dealkylation sites (tertiary alicyclic amines) is 1. The van der Waals surface area contributed by atoms with Crippen LogP contribution in [0.5, 0.6) is 0 Å². The van der Waals surface area contributed by atoms with Gasteiger partial charge in [0.25, 0.3) is 0 Å². The molecule has 29 heavy (non-hydrogen) atoms. The lowest BCUT2D eigenvalue weighted by Gasteiger charge is -2.53. The van der Waals surface area contributed by atoms with Gasteiger partial charge in [-0.1, -0.05) is 0 Å². The number of rotatable bonds is 7. The van der Waals surface area contributed by atoms with E-state index in [1.807, 2.05) is 41.5 Å². The normalized spacial score (nSPS) is 21.2. The zero-order valence-electron chi connectivity index (χ0n) is 20.6. The largest absolute Gasteiger partial charge is 0.462 e. The Hall–Kier alpha value is -0.730. The van der Waals surface area contributed by atoms with Crippen molar-refractivity contribution in [1.82, 2.24) is 4.90 Å². The Morgan fingerprint density at radius 1 is 0.828 bits per heavy atom. The number of hydrogen-bond acceptors (Lipinski definition) is 7. The fraction of sp³-hybridized carbons (Fsp3) is 0.955. The van der Waals surface area contributed by atoms with Crippen molar-refractivity contribution >= 4 is 5.97 Å². The second kappa shape index (κ2) is 8.79. The monoisotopic (exact) mass is 417 g/mol. The molecule has 0 unspecified atom stereocenters. The summed E-state index contributed by atoms with van der Waals surface area (Å²) in [7, 11) is 2.12. The Balaban J connectivity index is 2.83. The van der Waals surface area contributed by atoms with E-state index in [-0.39, 0.29) is 23.6 Å². The maximum atomic E-state index is 12.8. The van der Waals surface area contributed by atoms with Gasteiger partial charge in [-0.05, 0) is 83.2 Å². The zero-order valence-corrected chi connectivity index (χ0v) is 20.6. The van der Waals surface area contributed by atoms with Crippen LogP contribution in [0.15, 0.2) is 0 Å². The average molecular weight is 418 g/mol. The molecule has 0 N–H and O–H groups in total. The Morgan fingerprint density at radius 3 is 1.55 bits per heavy atom. The second-order valence-corrected chi connectivity index (χ2v) is 11.6. The van der Waals surface area contributed by atoms with Gasteiger partial charge in [0.2, 0.25) is 5.79 Å². The lowest BCUT2D eigenvalue weighted by molar-refractivity contribution is -0.535. The van der Waals surface area contributed by atoms with Crippen molar-refractivity contribution in [3.63, 3.8) is 0 Å². The minimum Gasteiger partial charge on any atom is -0.462 e. The maximum absolute atomic E-state index is 12.8. The fourth-order valence-electron chi connectivity index (χ4n) is 3.35. The Morgan fingerprint density at radius 2 is 1.21 bits per heavy atom. The molecule has 0 atom stereocenters. The SMILES string of the molecule is CN1C(C)(C)CC(OC(=O)CC(C)(OOC(C)(C)C)OOC(C)(C)C)CC1(C)C. The average Bonchev–Trinajstić information content (AvgIpc) is 2.47. The van der Waals surface area contributed by atoms with Crippen molar-refractivity contribution in [3.05, 3.63) is 0 Å². The van der Waals surface area contributed by atoms with E-state index >= 15 is 0 Å². The van der Waals surface area contributed by atoms with E-state index in [0.29, 0.717) is 0 Å². The summed E-state index contributed by atoms with van der Waals surface area (Å²) in [4.78, 5) is 36.9. The van der Waals surface area contributed by atoms with Crippen LogP contribution in [0.2, 0.25) is 0 Å². The van der Waals surface area contributed by atoms with Crippen molar-refractivity contribution in [1.29, 1.82) is 0 Å². The molecule has 0 aromatic heterocycles. The number of piperidine rings is 1. The maximum Gasteiger partial charge on any atom is 0.311 e. The Bertz CT molecular complexity index is 523. The lowest BCUT2D eigenvalue weighted by Crippen LogP contribution is -2.60. The number of nitrogens with zero attached hydrogens (tertiary/aromatic N) is 1. The van der Waals surface area contributed by atoms with Crippen LogP contribution in [0.3, 0.4) is 0 Å². The summed E-state index contributed by atoms with van der Waals surface area (Å²) in [6, 6.07) is 0. The predicted octanol–water partition coefficient (Wildman–Crippen LogP) is 4.78. The zero-order chi connectivity index (χ0) is 22.9. The van der Waals surface area contributed by atoms with Crippen LogP contribution in [0.4, 0.5) is 0 Å². The van der Waals surface area contributed by atoms with Crippen LogP contribution in [0.1, 0.15) is 95.4 Å². The third-order valence-corrected chi connectivity index (χ3v) is 4.97. The van der Waals surface area contributed by atoms with E-state index < -0.39 is 23.0 Å². The first-order valence-corrected chi connectivity index (χ1v) is 10.4. The fourth-order valence-corrected chi connectivity index (χ4v) is 3.35. The van der Waals surface area contributed by atoms with Crippen molar-refractivity contribution < 1.29 is 29.1 Å². The van der Waals surface area contributed by atoms with Crippen LogP contribution in [0.25, 0.3) is 0 Å². The van der Waals surface area contributed by atoms with Gasteiger partial charge in [0.1, 0.15) is 12.5 Å². The summed E-state index contributed by atoms with van der Waals surface area (Å²) in [5, 5.41) is 0. The van der Waals surface area contributed by atoms with Crippen LogP contribution in [-0.4, -0.2) is 52.1 Å². The molecule has 1 saturated heterocycles. The van der Waals surface area contributed by atoms with E-state index in [4.69, 9.17) is 24.3 Å². The number of ether oxygens (including phenoxy) is 1. The molecule has 0 spiro atoms. The van der Waals surface area contributed by atoms with E-state index in [2.05, 4.69) is 39.6 Å². The molecule has 1 fully saturated rings. The highest BCUT2D eigenvalue weighted by atomic mass is 17.3. The first-order chi connectivity index (χ1) is 12.7. The molecule has 7 heteroatoms. The molecule has 1 aliphatic heterocycles. The van der Waals surface area contributed by atoms with Crippen molar-refractivity contribution in [2.24, 2.45) is 0 Å². The Labute approximate surface area is 177 Å². The van der Waals surface area contributed by atoms with Crippen molar-refractivity contribution in [2.75, 3.05) is 7.05 Å². The quantitative estimate of drug-likeness (QED) is 0.255. The molecule has 7 nitrogen and oxygen atoms in total. The molecule has 0 amide bonds. The standard InChI is InChI=1S/C22H43NO6/c1-18(2,3)26-28-22(11,29-27-19(4,5)6)15-17(24)25-16-13-20(7,8)23(12)21(9,10)14-16/h16H,13-15H2,1-12H3. The first-order valence-electron chi connectivity index (χ1n) is 10.4. The third kappa shape index (κ3) is 8.89. The molecule has 0 radical (unpaired) electrons. The van der Waals surface area contributed by atoms with Crippen LogP contribution in [0, 0.1) is 0 Å². The molecule has 1 rings (SSSR count). The Kier molecular flexibility index (Phi) is 7.97. The van der Waals surface area contributed by atoms with Gasteiger partial charge in [-0.3, -0.25) is 9.69 Å². The molecule has 172 valence electrons. The van der Waals surface area contributed by atoms with E-state index in [9.17, 15) is 4.79 Å². The molecular formula is C22H43NO6. The molecule has 0 aromatic carbocycles. The van der Waals surface area contributed by atoms with Crippen molar-refractivity contribution in [2.45, 2.75) is 130 Å². The van der Waals surface area contributed by atoms with Gasteiger partial charge >= 0.3 is 5.97 Å². The minimum atomic E-state index is -1.44. The molecule has 0 bridgehead atoms. The van der Waals surface area contributed by atoms with Gasteiger partial charge in [0.15, 0.2) is 0 Å². The second-order valence-electron chi connectivity index (χ2n) is 11.6. The van der Waals surface area contributed by atoms with Crippen LogP contribution < -0.4 is 0 Å². The number of carbonyl (C=O) groups is 1. The smallest absolute Gasteiger partial charge is 0.311 e. The highest BCUT2D eigenvalue weighted by Crippen LogP contribution is 2.38. The van der Waals surface area contributed by atoms with Crippen LogP contribution in [-0.2, 0) is 29.1 Å². The summed E-state index contributed by atoms with van der Waals surface area (Å²) in [5.41, 5.74) is -1.29. The predicted molar refractivity (Wildman–Crippen MR) is 112 cm³/mol. The number of hydrogen-bond donors (Lipinski definition) is 0. The number of esters is 1. The summed E-state index contributed by atoms with van der Waals surface area (Å²) >= 11 is 0. The number of carbonyl (C=O) groups excluding carboxylic acids is 1. The van der Waals surface area contributed by atoms with E-state index in [0.717, 1.165) is 12.8 Å². The van der Waals surface area contributed by atoms with Crippen LogP contribution >= 0.6 is 0 Å². The summed E-state index contributed by atoms with van der Waals surface area (Å²) in [6.45, 7) is 21.3. The van der Waals surface area contributed by atoms with Gasteiger partial charge in [-0.25, -0.2) is 9.78 Å². The molecule has 0 saturated carbocycles. The minimum absolute atomic E-state index is 0.0757.